The number of piperazine rings is 1. The number of rotatable bonds is 4. The number of esters is 1. The first kappa shape index (κ1) is 21.1. The van der Waals surface area contributed by atoms with Crippen LogP contribution in [0, 0.1) is 20.8 Å². The summed E-state index contributed by atoms with van der Waals surface area (Å²) in [6.07, 6.45) is 0. The van der Waals surface area contributed by atoms with Crippen LogP contribution in [0.5, 0.6) is 0 Å². The van der Waals surface area contributed by atoms with Crippen molar-refractivity contribution in [2.75, 3.05) is 33.3 Å². The lowest BCUT2D eigenvalue weighted by Gasteiger charge is -2.34. The number of carbonyl (C=O) groups excluding carboxylic acids is 2. The molecule has 1 aromatic heterocycles. The van der Waals surface area contributed by atoms with Gasteiger partial charge in [0, 0.05) is 31.7 Å². The van der Waals surface area contributed by atoms with Crippen molar-refractivity contribution >= 4 is 21.9 Å². The molecule has 2 aromatic rings. The Morgan fingerprint density at radius 2 is 1.69 bits per heavy atom. The molecule has 0 unspecified atom stereocenters. The Morgan fingerprint density at radius 1 is 1.03 bits per heavy atom. The minimum Gasteiger partial charge on any atom is -0.465 e. The highest BCUT2D eigenvalue weighted by Crippen LogP contribution is 2.30. The molecule has 29 heavy (non-hydrogen) atoms. The fourth-order valence-corrected chi connectivity index (χ4v) is 5.33. The Kier molecular flexibility index (Phi) is 5.81. The maximum absolute atomic E-state index is 13.2. The normalized spacial score (nSPS) is 15.4. The summed E-state index contributed by atoms with van der Waals surface area (Å²) in [6.45, 7) is 5.72. The molecule has 0 N–H and O–H groups in total. The number of aryl methyl sites for hydroxylation is 3. The second-order valence-electron chi connectivity index (χ2n) is 6.98. The number of ether oxygens (including phenoxy) is 1. The van der Waals surface area contributed by atoms with Crippen molar-refractivity contribution in [2.24, 2.45) is 0 Å². The summed E-state index contributed by atoms with van der Waals surface area (Å²) in [4.78, 5) is 26.3. The van der Waals surface area contributed by atoms with E-state index in [9.17, 15) is 18.0 Å². The molecule has 156 valence electrons. The van der Waals surface area contributed by atoms with Gasteiger partial charge in [-0.05, 0) is 32.9 Å². The predicted octanol–water partition coefficient (Wildman–Crippen LogP) is 2.14. The third-order valence-corrected chi connectivity index (χ3v) is 7.04. The summed E-state index contributed by atoms with van der Waals surface area (Å²) in [7, 11) is -2.79. The summed E-state index contributed by atoms with van der Waals surface area (Å²) in [5, 5.41) is 0. The van der Waals surface area contributed by atoms with Gasteiger partial charge in [0.2, 0.25) is 10.0 Å². The Balaban J connectivity index is 1.81. The Labute approximate surface area is 170 Å². The molecule has 0 atom stereocenters. The number of hydrogen-bond acceptors (Lipinski definition) is 6. The first-order valence-electron chi connectivity index (χ1n) is 9.21. The third-order valence-electron chi connectivity index (χ3n) is 4.98. The average molecular weight is 420 g/mol. The van der Waals surface area contributed by atoms with Crippen LogP contribution in [0.25, 0.3) is 0 Å². The van der Waals surface area contributed by atoms with E-state index < -0.39 is 16.0 Å². The quantitative estimate of drug-likeness (QED) is 0.703. The van der Waals surface area contributed by atoms with Crippen LogP contribution in [0.1, 0.15) is 37.8 Å². The van der Waals surface area contributed by atoms with E-state index in [4.69, 9.17) is 9.15 Å². The molecule has 0 bridgehead atoms. The molecular weight excluding hydrogens is 396 g/mol. The van der Waals surface area contributed by atoms with E-state index in [2.05, 4.69) is 0 Å². The molecular formula is C20H24N2O6S. The Morgan fingerprint density at radius 3 is 2.28 bits per heavy atom. The van der Waals surface area contributed by atoms with Crippen LogP contribution in [0.4, 0.5) is 0 Å². The van der Waals surface area contributed by atoms with E-state index in [1.807, 2.05) is 25.1 Å². The highest BCUT2D eigenvalue weighted by atomic mass is 32.2. The topological polar surface area (TPSA) is 97.1 Å². The summed E-state index contributed by atoms with van der Waals surface area (Å²) in [6, 6.07) is 7.29. The monoisotopic (exact) mass is 420 g/mol. The number of amides is 1. The first-order chi connectivity index (χ1) is 13.7. The van der Waals surface area contributed by atoms with E-state index in [0.29, 0.717) is 5.56 Å². The van der Waals surface area contributed by atoms with Crippen molar-refractivity contribution in [1.29, 1.82) is 0 Å². The summed E-state index contributed by atoms with van der Waals surface area (Å²) < 4.78 is 37.8. The van der Waals surface area contributed by atoms with E-state index in [-0.39, 0.29) is 54.1 Å². The zero-order valence-electron chi connectivity index (χ0n) is 16.9. The predicted molar refractivity (Wildman–Crippen MR) is 105 cm³/mol. The van der Waals surface area contributed by atoms with E-state index in [1.54, 1.807) is 11.0 Å². The van der Waals surface area contributed by atoms with E-state index >= 15 is 0 Å². The molecule has 0 saturated carbocycles. The molecule has 8 nitrogen and oxygen atoms in total. The van der Waals surface area contributed by atoms with E-state index in [1.165, 1.54) is 25.3 Å². The van der Waals surface area contributed by atoms with Gasteiger partial charge in [-0.1, -0.05) is 17.7 Å². The van der Waals surface area contributed by atoms with Crippen molar-refractivity contribution in [3.8, 4) is 0 Å². The van der Waals surface area contributed by atoms with Gasteiger partial charge in [-0.25, -0.2) is 13.2 Å². The number of hydrogen-bond donors (Lipinski definition) is 0. The van der Waals surface area contributed by atoms with Crippen LogP contribution in [-0.2, 0) is 14.8 Å². The van der Waals surface area contributed by atoms with Crippen molar-refractivity contribution in [1.82, 2.24) is 9.21 Å². The lowest BCUT2D eigenvalue weighted by Crippen LogP contribution is -2.50. The minimum atomic E-state index is -3.98. The largest absolute Gasteiger partial charge is 0.465 e. The number of sulfonamides is 1. The highest BCUT2D eigenvalue weighted by molar-refractivity contribution is 7.89. The number of carbonyl (C=O) groups is 2. The molecule has 2 heterocycles. The molecule has 0 radical (unpaired) electrons. The van der Waals surface area contributed by atoms with Gasteiger partial charge < -0.3 is 14.1 Å². The van der Waals surface area contributed by atoms with Crippen LogP contribution in [0.15, 0.2) is 33.6 Å². The molecule has 1 saturated heterocycles. The van der Waals surface area contributed by atoms with Crippen LogP contribution in [0.3, 0.4) is 0 Å². The van der Waals surface area contributed by atoms with Crippen LogP contribution < -0.4 is 0 Å². The van der Waals surface area contributed by atoms with Gasteiger partial charge in [-0.15, -0.1) is 0 Å². The average Bonchev–Trinajstić information content (AvgIpc) is 3.01. The van der Waals surface area contributed by atoms with Gasteiger partial charge in [0.05, 0.1) is 7.11 Å². The van der Waals surface area contributed by atoms with Gasteiger partial charge in [0.25, 0.3) is 5.91 Å². The van der Waals surface area contributed by atoms with Gasteiger partial charge in [0.1, 0.15) is 22.0 Å². The summed E-state index contributed by atoms with van der Waals surface area (Å²) in [5.41, 5.74) is 1.48. The molecule has 9 heteroatoms. The smallest absolute Gasteiger partial charge is 0.342 e. The zero-order valence-corrected chi connectivity index (χ0v) is 17.7. The summed E-state index contributed by atoms with van der Waals surface area (Å²) in [5.74, 6) is -0.551. The standard InChI is InChI=1S/C20H24N2O6S/c1-13-6-5-7-16(12-13)19(23)21-8-10-22(11-9-21)29(25,26)18-15(3)28-14(2)17(18)20(24)27-4/h5-7,12H,8-11H2,1-4H3. The van der Waals surface area contributed by atoms with Crippen LogP contribution in [0.2, 0.25) is 0 Å². The summed E-state index contributed by atoms with van der Waals surface area (Å²) >= 11 is 0. The lowest BCUT2D eigenvalue weighted by molar-refractivity contribution is 0.0594. The van der Waals surface area contributed by atoms with Crippen molar-refractivity contribution in [2.45, 2.75) is 25.7 Å². The van der Waals surface area contributed by atoms with Gasteiger partial charge >= 0.3 is 5.97 Å². The van der Waals surface area contributed by atoms with Gasteiger partial charge in [0.15, 0.2) is 0 Å². The SMILES string of the molecule is COC(=O)c1c(C)oc(C)c1S(=O)(=O)N1CCN(C(=O)c2cccc(C)c2)CC1. The zero-order chi connectivity index (χ0) is 21.3. The number of benzene rings is 1. The molecule has 0 aliphatic carbocycles. The number of furan rings is 1. The molecule has 3 rings (SSSR count). The Hall–Kier alpha value is -2.65. The molecule has 1 aliphatic rings. The van der Waals surface area contributed by atoms with Crippen LogP contribution >= 0.6 is 0 Å². The molecule has 1 fully saturated rings. The van der Waals surface area contributed by atoms with Crippen molar-refractivity contribution in [3.05, 3.63) is 52.5 Å². The number of methoxy groups -OCH3 is 1. The number of nitrogens with zero attached hydrogens (tertiary/aromatic N) is 2. The van der Waals surface area contributed by atoms with Crippen molar-refractivity contribution in [3.63, 3.8) is 0 Å². The molecule has 1 aliphatic heterocycles. The third kappa shape index (κ3) is 3.92. The first-order valence-corrected chi connectivity index (χ1v) is 10.6. The second kappa shape index (κ2) is 8.00. The fourth-order valence-electron chi connectivity index (χ4n) is 3.53. The molecule has 1 amide bonds. The maximum atomic E-state index is 13.2. The molecule has 0 spiro atoms. The molecule has 1 aromatic carbocycles. The Bertz CT molecular complexity index is 1050. The maximum Gasteiger partial charge on any atom is 0.342 e. The van der Waals surface area contributed by atoms with Crippen molar-refractivity contribution < 1.29 is 27.2 Å². The van der Waals surface area contributed by atoms with Crippen LogP contribution in [-0.4, -0.2) is 62.8 Å². The highest BCUT2D eigenvalue weighted by Gasteiger charge is 2.37. The van der Waals surface area contributed by atoms with Gasteiger partial charge in [-0.3, -0.25) is 4.79 Å². The lowest BCUT2D eigenvalue weighted by atomic mass is 10.1. The van der Waals surface area contributed by atoms with Gasteiger partial charge in [-0.2, -0.15) is 4.31 Å². The van der Waals surface area contributed by atoms with E-state index in [0.717, 1.165) is 5.56 Å². The minimum absolute atomic E-state index is 0.0803. The fraction of sp³-hybridized carbons (Fsp3) is 0.400. The second-order valence-corrected chi connectivity index (χ2v) is 8.85.